The van der Waals surface area contributed by atoms with Gasteiger partial charge in [-0.3, -0.25) is 0 Å². The van der Waals surface area contributed by atoms with Crippen LogP contribution in [0.4, 0.5) is 4.39 Å². The lowest BCUT2D eigenvalue weighted by atomic mass is 9.96. The molecule has 0 nitrogen and oxygen atoms in total. The molecule has 0 fully saturated rings. The van der Waals surface area contributed by atoms with Crippen molar-refractivity contribution in [3.8, 4) is 22.3 Å². The highest BCUT2D eigenvalue weighted by Gasteiger charge is 2.04. The molecule has 3 aromatic rings. The van der Waals surface area contributed by atoms with E-state index >= 15 is 0 Å². The Balaban J connectivity index is 1.54. The maximum atomic E-state index is 13.1. The van der Waals surface area contributed by atoms with Crippen molar-refractivity contribution in [3.63, 3.8) is 0 Å². The van der Waals surface area contributed by atoms with Gasteiger partial charge in [0.25, 0.3) is 0 Å². The van der Waals surface area contributed by atoms with Crippen molar-refractivity contribution in [1.82, 2.24) is 0 Å². The molecular weight excluding hydrogens is 331 g/mol. The quantitative estimate of drug-likeness (QED) is 0.459. The van der Waals surface area contributed by atoms with E-state index in [1.165, 1.54) is 34.4 Å². The van der Waals surface area contributed by atoms with Gasteiger partial charge < -0.3 is 0 Å². The van der Waals surface area contributed by atoms with Gasteiger partial charge in [-0.05, 0) is 58.4 Å². The van der Waals surface area contributed by atoms with Crippen LogP contribution in [-0.4, -0.2) is 0 Å². The lowest BCUT2D eigenvalue weighted by Gasteiger charge is -2.09. The highest BCUT2D eigenvalue weighted by molar-refractivity contribution is 5.73. The number of benzene rings is 3. The minimum absolute atomic E-state index is 0.207. The SMILES string of the molecule is Fc1ccc(-c2ccc(-c3ccc(/C4=C/C=C\C=C/CC4)cc3)cc2)cc1. The molecule has 3 aromatic carbocycles. The molecule has 0 N–H and O–H groups in total. The Bertz CT molecular complexity index is 986. The molecule has 0 heterocycles. The summed E-state index contributed by atoms with van der Waals surface area (Å²) in [6, 6.07) is 23.8. The molecule has 0 radical (unpaired) electrons. The van der Waals surface area contributed by atoms with Crippen LogP contribution in [0.5, 0.6) is 0 Å². The van der Waals surface area contributed by atoms with E-state index in [1.54, 1.807) is 0 Å². The zero-order chi connectivity index (χ0) is 18.5. The van der Waals surface area contributed by atoms with Gasteiger partial charge in [-0.1, -0.05) is 91.0 Å². The highest BCUT2D eigenvalue weighted by atomic mass is 19.1. The summed E-state index contributed by atoms with van der Waals surface area (Å²) in [6.07, 6.45) is 12.8. The van der Waals surface area contributed by atoms with E-state index in [1.807, 2.05) is 12.1 Å². The molecule has 0 unspecified atom stereocenters. The summed E-state index contributed by atoms with van der Waals surface area (Å²) in [5, 5.41) is 0. The van der Waals surface area contributed by atoms with Crippen LogP contribution in [0.25, 0.3) is 27.8 Å². The van der Waals surface area contributed by atoms with Crippen LogP contribution in [-0.2, 0) is 0 Å². The second-order valence-corrected chi connectivity index (χ2v) is 6.71. The van der Waals surface area contributed by atoms with Crippen LogP contribution in [0.1, 0.15) is 18.4 Å². The number of hydrogen-bond donors (Lipinski definition) is 0. The predicted molar refractivity (Wildman–Crippen MR) is 113 cm³/mol. The Morgan fingerprint density at radius 2 is 1.00 bits per heavy atom. The molecular formula is C26H21F. The van der Waals surface area contributed by atoms with E-state index in [-0.39, 0.29) is 5.82 Å². The smallest absolute Gasteiger partial charge is 0.123 e. The van der Waals surface area contributed by atoms with Crippen LogP contribution in [0.15, 0.2) is 103 Å². The summed E-state index contributed by atoms with van der Waals surface area (Å²) in [6.45, 7) is 0. The van der Waals surface area contributed by atoms with E-state index in [2.05, 4.69) is 78.9 Å². The van der Waals surface area contributed by atoms with Gasteiger partial charge in [0, 0.05) is 0 Å². The fourth-order valence-corrected chi connectivity index (χ4v) is 3.35. The van der Waals surface area contributed by atoms with Gasteiger partial charge in [0.15, 0.2) is 0 Å². The summed E-state index contributed by atoms with van der Waals surface area (Å²) in [7, 11) is 0. The fourth-order valence-electron chi connectivity index (χ4n) is 3.35. The Morgan fingerprint density at radius 1 is 0.519 bits per heavy atom. The van der Waals surface area contributed by atoms with Crippen LogP contribution in [0.3, 0.4) is 0 Å². The Kier molecular flexibility index (Phi) is 5.11. The molecule has 0 bridgehead atoms. The summed E-state index contributed by atoms with van der Waals surface area (Å²) >= 11 is 0. The molecule has 1 aliphatic rings. The maximum Gasteiger partial charge on any atom is 0.123 e. The highest BCUT2D eigenvalue weighted by Crippen LogP contribution is 2.28. The van der Waals surface area contributed by atoms with E-state index < -0.39 is 0 Å². The second-order valence-electron chi connectivity index (χ2n) is 6.71. The molecule has 0 saturated heterocycles. The van der Waals surface area contributed by atoms with Crippen molar-refractivity contribution >= 4 is 5.57 Å². The molecule has 0 aromatic heterocycles. The fraction of sp³-hybridized carbons (Fsp3) is 0.0769. The average Bonchev–Trinajstić information content (AvgIpc) is 2.69. The van der Waals surface area contributed by atoms with Gasteiger partial charge in [-0.25, -0.2) is 4.39 Å². The monoisotopic (exact) mass is 352 g/mol. The van der Waals surface area contributed by atoms with E-state index in [0.717, 1.165) is 24.0 Å². The largest absolute Gasteiger partial charge is 0.207 e. The molecule has 0 aliphatic heterocycles. The van der Waals surface area contributed by atoms with Crippen LogP contribution >= 0.6 is 0 Å². The first-order valence-electron chi connectivity index (χ1n) is 9.29. The molecule has 0 atom stereocenters. The first kappa shape index (κ1) is 17.2. The normalized spacial score (nSPS) is 18.0. The molecule has 1 heteroatoms. The minimum atomic E-state index is -0.207. The van der Waals surface area contributed by atoms with Crippen LogP contribution in [0.2, 0.25) is 0 Å². The zero-order valence-electron chi connectivity index (χ0n) is 15.1. The van der Waals surface area contributed by atoms with Crippen molar-refractivity contribution in [2.75, 3.05) is 0 Å². The van der Waals surface area contributed by atoms with Crippen molar-refractivity contribution in [2.24, 2.45) is 0 Å². The van der Waals surface area contributed by atoms with Crippen molar-refractivity contribution < 1.29 is 4.39 Å². The van der Waals surface area contributed by atoms with Crippen molar-refractivity contribution in [1.29, 1.82) is 0 Å². The third-order valence-corrected chi connectivity index (χ3v) is 4.89. The topological polar surface area (TPSA) is 0 Å². The van der Waals surface area contributed by atoms with Crippen molar-refractivity contribution in [3.05, 3.63) is 115 Å². The van der Waals surface area contributed by atoms with Gasteiger partial charge in [0.05, 0.1) is 0 Å². The van der Waals surface area contributed by atoms with E-state index in [4.69, 9.17) is 0 Å². The number of hydrogen-bond acceptors (Lipinski definition) is 0. The lowest BCUT2D eigenvalue weighted by molar-refractivity contribution is 0.628. The number of allylic oxidation sites excluding steroid dienone is 6. The Labute approximate surface area is 160 Å². The Hall–Kier alpha value is -3.19. The third-order valence-electron chi connectivity index (χ3n) is 4.89. The Morgan fingerprint density at radius 3 is 1.56 bits per heavy atom. The third kappa shape index (κ3) is 4.15. The zero-order valence-corrected chi connectivity index (χ0v) is 15.1. The van der Waals surface area contributed by atoms with Gasteiger partial charge >= 0.3 is 0 Å². The van der Waals surface area contributed by atoms with Gasteiger partial charge in [0.2, 0.25) is 0 Å². The number of rotatable bonds is 3. The molecule has 0 saturated carbocycles. The van der Waals surface area contributed by atoms with Crippen LogP contribution < -0.4 is 0 Å². The van der Waals surface area contributed by atoms with E-state index in [0.29, 0.717) is 0 Å². The maximum absolute atomic E-state index is 13.1. The van der Waals surface area contributed by atoms with Crippen molar-refractivity contribution in [2.45, 2.75) is 12.8 Å². The molecule has 1 aliphatic carbocycles. The van der Waals surface area contributed by atoms with Gasteiger partial charge in [-0.15, -0.1) is 0 Å². The number of halogens is 1. The summed E-state index contributed by atoms with van der Waals surface area (Å²) in [4.78, 5) is 0. The first-order chi connectivity index (χ1) is 13.3. The lowest BCUT2D eigenvalue weighted by Crippen LogP contribution is -1.87. The summed E-state index contributed by atoms with van der Waals surface area (Å²) < 4.78 is 13.1. The first-order valence-corrected chi connectivity index (χ1v) is 9.29. The molecule has 4 rings (SSSR count). The average molecular weight is 352 g/mol. The summed E-state index contributed by atoms with van der Waals surface area (Å²) in [5.41, 5.74) is 7.15. The van der Waals surface area contributed by atoms with E-state index in [9.17, 15) is 4.39 Å². The molecule has 132 valence electrons. The molecule has 27 heavy (non-hydrogen) atoms. The second kappa shape index (κ2) is 8.01. The minimum Gasteiger partial charge on any atom is -0.207 e. The summed E-state index contributed by atoms with van der Waals surface area (Å²) in [5.74, 6) is -0.207. The predicted octanol–water partition coefficient (Wildman–Crippen LogP) is 7.45. The van der Waals surface area contributed by atoms with Gasteiger partial charge in [-0.2, -0.15) is 0 Å². The van der Waals surface area contributed by atoms with Gasteiger partial charge in [0.1, 0.15) is 5.82 Å². The standard InChI is InChI=1S/C26H21F/c27-26-18-16-25(17-19-26)24-14-12-23(13-15-24)22-10-8-21(9-11-22)20-6-4-2-1-3-5-7-20/h1-4,6,8-19H,5,7H2/b3-1-,4-2-,20-6+. The van der Waals surface area contributed by atoms with Crippen LogP contribution in [0, 0.1) is 5.82 Å². The molecule has 0 spiro atoms. The molecule has 0 amide bonds.